The van der Waals surface area contributed by atoms with Crippen LogP contribution in [0, 0.1) is 0 Å². The van der Waals surface area contributed by atoms with Gasteiger partial charge in [0.25, 0.3) is 5.91 Å². The smallest absolute Gasteiger partial charge is 0.337 e. The van der Waals surface area contributed by atoms with Crippen LogP contribution in [-0.2, 0) is 0 Å². The Bertz CT molecular complexity index is 404. The van der Waals surface area contributed by atoms with Gasteiger partial charge >= 0.3 is 5.97 Å². The fourth-order valence-corrected chi connectivity index (χ4v) is 1.06. The minimum Gasteiger partial charge on any atom is -0.478 e. The number of hydrogen-bond acceptors (Lipinski definition) is 3. The quantitative estimate of drug-likeness (QED) is 0.790. The summed E-state index contributed by atoms with van der Waals surface area (Å²) in [4.78, 5) is 26.0. The van der Waals surface area contributed by atoms with Crippen LogP contribution in [0.5, 0.6) is 0 Å². The second kappa shape index (κ2) is 4.30. The van der Waals surface area contributed by atoms with E-state index in [4.69, 9.17) is 5.11 Å². The van der Waals surface area contributed by atoms with Crippen LogP contribution >= 0.6 is 0 Å². The zero-order valence-corrected chi connectivity index (χ0v) is 9.44. The maximum Gasteiger partial charge on any atom is 0.337 e. The zero-order valence-electron chi connectivity index (χ0n) is 9.44. The molecular formula is C11H14N2O3. The summed E-state index contributed by atoms with van der Waals surface area (Å²) in [5, 5.41) is 11.4. The largest absolute Gasteiger partial charge is 0.478 e. The number of rotatable bonds is 2. The van der Waals surface area contributed by atoms with Crippen molar-refractivity contribution >= 4 is 11.9 Å². The van der Waals surface area contributed by atoms with Crippen LogP contribution in [0.2, 0.25) is 0 Å². The summed E-state index contributed by atoms with van der Waals surface area (Å²) < 4.78 is 0. The molecule has 0 radical (unpaired) electrons. The molecule has 0 aromatic carbocycles. The summed E-state index contributed by atoms with van der Waals surface area (Å²) in [6.07, 6.45) is 1.17. The minimum absolute atomic E-state index is 0.0623. The number of pyridine rings is 1. The molecule has 0 atom stereocenters. The molecule has 0 aliphatic heterocycles. The molecule has 16 heavy (non-hydrogen) atoms. The van der Waals surface area contributed by atoms with Crippen molar-refractivity contribution in [3.05, 3.63) is 29.6 Å². The number of carbonyl (C=O) groups excluding carboxylic acids is 1. The Morgan fingerprint density at radius 3 is 2.31 bits per heavy atom. The molecule has 0 spiro atoms. The SMILES string of the molecule is CC(C)(C)NC(=O)c1ccc(C(=O)O)cn1. The predicted molar refractivity (Wildman–Crippen MR) is 58.4 cm³/mol. The normalized spacial score (nSPS) is 10.9. The lowest BCUT2D eigenvalue weighted by atomic mass is 10.1. The first-order valence-corrected chi connectivity index (χ1v) is 4.81. The van der Waals surface area contributed by atoms with Crippen LogP contribution in [0.1, 0.15) is 41.6 Å². The van der Waals surface area contributed by atoms with E-state index in [9.17, 15) is 9.59 Å². The summed E-state index contributed by atoms with van der Waals surface area (Å²) in [6.45, 7) is 5.57. The Morgan fingerprint density at radius 2 is 1.94 bits per heavy atom. The number of nitrogens with one attached hydrogen (secondary N) is 1. The Kier molecular flexibility index (Phi) is 3.27. The van der Waals surface area contributed by atoms with E-state index in [0.29, 0.717) is 0 Å². The highest BCUT2D eigenvalue weighted by Gasteiger charge is 2.16. The molecule has 2 N–H and O–H groups in total. The first-order valence-electron chi connectivity index (χ1n) is 4.81. The predicted octanol–water partition coefficient (Wildman–Crippen LogP) is 1.31. The molecule has 5 nitrogen and oxygen atoms in total. The highest BCUT2D eigenvalue weighted by atomic mass is 16.4. The van der Waals surface area contributed by atoms with Crippen molar-refractivity contribution in [1.29, 1.82) is 0 Å². The summed E-state index contributed by atoms with van der Waals surface area (Å²) in [5.74, 6) is -1.38. The minimum atomic E-state index is -1.06. The van der Waals surface area contributed by atoms with Gasteiger partial charge in [0, 0.05) is 11.7 Å². The fraction of sp³-hybridized carbons (Fsp3) is 0.364. The van der Waals surface area contributed by atoms with Gasteiger partial charge in [-0.3, -0.25) is 9.78 Å². The van der Waals surface area contributed by atoms with Crippen LogP contribution in [0.3, 0.4) is 0 Å². The van der Waals surface area contributed by atoms with E-state index >= 15 is 0 Å². The maximum absolute atomic E-state index is 11.6. The van der Waals surface area contributed by atoms with Crippen molar-refractivity contribution in [2.45, 2.75) is 26.3 Å². The summed E-state index contributed by atoms with van der Waals surface area (Å²) in [7, 11) is 0. The zero-order chi connectivity index (χ0) is 12.3. The van der Waals surface area contributed by atoms with Crippen LogP contribution in [-0.4, -0.2) is 27.5 Å². The second-order valence-corrected chi connectivity index (χ2v) is 4.44. The molecule has 1 rings (SSSR count). The van der Waals surface area contributed by atoms with Crippen LogP contribution in [0.15, 0.2) is 18.3 Å². The second-order valence-electron chi connectivity index (χ2n) is 4.44. The molecule has 1 aromatic heterocycles. The first kappa shape index (κ1) is 12.2. The number of nitrogens with zero attached hydrogens (tertiary/aromatic N) is 1. The first-order chi connectivity index (χ1) is 7.29. The molecule has 0 aliphatic rings. The lowest BCUT2D eigenvalue weighted by Crippen LogP contribution is -2.40. The molecule has 0 fully saturated rings. The molecule has 0 aliphatic carbocycles. The molecule has 1 heterocycles. The third-order valence-electron chi connectivity index (χ3n) is 1.73. The van der Waals surface area contributed by atoms with Gasteiger partial charge in [0.05, 0.1) is 5.56 Å². The van der Waals surface area contributed by atoms with Crippen molar-refractivity contribution in [3.8, 4) is 0 Å². The lowest BCUT2D eigenvalue weighted by molar-refractivity contribution is 0.0695. The summed E-state index contributed by atoms with van der Waals surface area (Å²) in [5.41, 5.74) is -0.0724. The monoisotopic (exact) mass is 222 g/mol. The fourth-order valence-electron chi connectivity index (χ4n) is 1.06. The number of carbonyl (C=O) groups is 2. The van der Waals surface area contributed by atoms with E-state index < -0.39 is 5.97 Å². The molecule has 0 saturated heterocycles. The van der Waals surface area contributed by atoms with E-state index in [-0.39, 0.29) is 22.7 Å². The van der Waals surface area contributed by atoms with E-state index in [1.54, 1.807) is 0 Å². The van der Waals surface area contributed by atoms with Crippen molar-refractivity contribution in [2.75, 3.05) is 0 Å². The Hall–Kier alpha value is -1.91. The van der Waals surface area contributed by atoms with Gasteiger partial charge in [0.2, 0.25) is 0 Å². The van der Waals surface area contributed by atoms with Crippen LogP contribution < -0.4 is 5.32 Å². The number of aromatic carboxylic acids is 1. The molecule has 0 unspecified atom stereocenters. The molecular weight excluding hydrogens is 208 g/mol. The van der Waals surface area contributed by atoms with Crippen molar-refractivity contribution in [1.82, 2.24) is 10.3 Å². The van der Waals surface area contributed by atoms with Gasteiger partial charge < -0.3 is 10.4 Å². The Morgan fingerprint density at radius 1 is 1.31 bits per heavy atom. The Balaban J connectivity index is 2.82. The van der Waals surface area contributed by atoms with Gasteiger partial charge in [-0.25, -0.2) is 4.79 Å². The van der Waals surface area contributed by atoms with Gasteiger partial charge in [-0.05, 0) is 32.9 Å². The molecule has 1 aromatic rings. The average Bonchev–Trinajstić information content (AvgIpc) is 2.15. The highest BCUT2D eigenvalue weighted by Crippen LogP contribution is 2.04. The van der Waals surface area contributed by atoms with Gasteiger partial charge in [-0.1, -0.05) is 0 Å². The van der Waals surface area contributed by atoms with Crippen LogP contribution in [0.25, 0.3) is 0 Å². The highest BCUT2D eigenvalue weighted by molar-refractivity contribution is 5.94. The van der Waals surface area contributed by atoms with E-state index in [1.165, 1.54) is 18.3 Å². The maximum atomic E-state index is 11.6. The molecule has 0 bridgehead atoms. The van der Waals surface area contributed by atoms with E-state index in [0.717, 1.165) is 0 Å². The average molecular weight is 222 g/mol. The molecule has 86 valence electrons. The number of carboxylic acids is 1. The van der Waals surface area contributed by atoms with Gasteiger partial charge in [-0.2, -0.15) is 0 Å². The van der Waals surface area contributed by atoms with Gasteiger partial charge in [0.15, 0.2) is 0 Å². The molecule has 5 heteroatoms. The Labute approximate surface area is 93.5 Å². The number of amides is 1. The van der Waals surface area contributed by atoms with Gasteiger partial charge in [-0.15, -0.1) is 0 Å². The third kappa shape index (κ3) is 3.34. The van der Waals surface area contributed by atoms with Crippen molar-refractivity contribution in [3.63, 3.8) is 0 Å². The summed E-state index contributed by atoms with van der Waals surface area (Å²) >= 11 is 0. The number of aromatic nitrogens is 1. The van der Waals surface area contributed by atoms with Gasteiger partial charge in [0.1, 0.15) is 5.69 Å². The summed E-state index contributed by atoms with van der Waals surface area (Å²) in [6, 6.07) is 2.75. The van der Waals surface area contributed by atoms with E-state index in [1.807, 2.05) is 20.8 Å². The molecule has 1 amide bonds. The molecule has 0 saturated carbocycles. The topological polar surface area (TPSA) is 79.3 Å². The van der Waals surface area contributed by atoms with Crippen LogP contribution in [0.4, 0.5) is 0 Å². The van der Waals surface area contributed by atoms with E-state index in [2.05, 4.69) is 10.3 Å². The number of carboxylic acid groups (broad SMARTS) is 1. The lowest BCUT2D eigenvalue weighted by Gasteiger charge is -2.19. The van der Waals surface area contributed by atoms with Crippen molar-refractivity contribution in [2.24, 2.45) is 0 Å². The number of hydrogen-bond donors (Lipinski definition) is 2. The standard InChI is InChI=1S/C11H14N2O3/c1-11(2,3)13-9(14)8-5-4-7(6-12-8)10(15)16/h4-6H,1-3H3,(H,13,14)(H,15,16). The third-order valence-corrected chi connectivity index (χ3v) is 1.73. The van der Waals surface area contributed by atoms with Crippen molar-refractivity contribution < 1.29 is 14.7 Å².